The number of rotatable bonds is 2. The minimum atomic E-state index is -4.62. The second-order valence-electron chi connectivity index (χ2n) is 4.43. The minimum absolute atomic E-state index is 0.129. The van der Waals surface area contributed by atoms with Crippen LogP contribution in [0, 0.1) is 0 Å². The fourth-order valence-electron chi connectivity index (χ4n) is 2.30. The number of aryl methyl sites for hydroxylation is 1. The fourth-order valence-corrected chi connectivity index (χ4v) is 2.30. The van der Waals surface area contributed by atoms with Crippen molar-refractivity contribution >= 4 is 0 Å². The maximum Gasteiger partial charge on any atom is 0.573 e. The Balaban J connectivity index is 2.23. The summed E-state index contributed by atoms with van der Waals surface area (Å²) in [4.78, 5) is 2.08. The van der Waals surface area contributed by atoms with Crippen LogP contribution in [0.1, 0.15) is 23.6 Å². The van der Waals surface area contributed by atoms with Crippen molar-refractivity contribution in [2.45, 2.75) is 25.2 Å². The maximum atomic E-state index is 12.1. The maximum absolute atomic E-state index is 12.1. The number of ether oxygens (including phenoxy) is 1. The largest absolute Gasteiger partial charge is 0.573 e. The third kappa shape index (κ3) is 2.72. The number of fused-ring (bicyclic) bond motifs is 1. The topological polar surface area (TPSA) is 12.5 Å². The molecule has 17 heavy (non-hydrogen) atoms. The van der Waals surface area contributed by atoms with Crippen molar-refractivity contribution in [1.82, 2.24) is 4.90 Å². The Morgan fingerprint density at radius 1 is 1.29 bits per heavy atom. The fraction of sp³-hybridized carbons (Fsp3) is 0.500. The Kier molecular flexibility index (Phi) is 3.03. The number of hydrogen-bond donors (Lipinski definition) is 0. The molecule has 0 saturated heterocycles. The Labute approximate surface area is 98.0 Å². The molecule has 0 radical (unpaired) electrons. The zero-order chi connectivity index (χ0) is 12.6. The summed E-state index contributed by atoms with van der Waals surface area (Å²) in [5, 5.41) is 0. The SMILES string of the molecule is CN(C)C1CCc2cc(OC(F)(F)F)ccc21. The molecule has 2 nitrogen and oxygen atoms in total. The highest BCUT2D eigenvalue weighted by molar-refractivity contribution is 5.40. The first-order valence-electron chi connectivity index (χ1n) is 5.42. The second kappa shape index (κ2) is 4.22. The zero-order valence-corrected chi connectivity index (χ0v) is 9.71. The highest BCUT2D eigenvalue weighted by Gasteiger charge is 2.32. The van der Waals surface area contributed by atoms with Gasteiger partial charge in [-0.2, -0.15) is 0 Å². The molecule has 0 amide bonds. The first-order valence-corrected chi connectivity index (χ1v) is 5.42. The molecule has 0 bridgehead atoms. The van der Waals surface area contributed by atoms with Gasteiger partial charge in [0.05, 0.1) is 0 Å². The van der Waals surface area contributed by atoms with Crippen LogP contribution in [0.15, 0.2) is 18.2 Å². The highest BCUT2D eigenvalue weighted by atomic mass is 19.4. The van der Waals surface area contributed by atoms with Gasteiger partial charge in [-0.3, -0.25) is 0 Å². The first-order chi connectivity index (χ1) is 7.87. The number of hydrogen-bond acceptors (Lipinski definition) is 2. The van der Waals surface area contributed by atoms with Crippen molar-refractivity contribution in [2.24, 2.45) is 0 Å². The molecule has 0 N–H and O–H groups in total. The first kappa shape index (κ1) is 12.2. The molecule has 0 saturated carbocycles. The molecule has 1 aromatic carbocycles. The standard InChI is InChI=1S/C12H14F3NO/c1-16(2)11-6-3-8-7-9(4-5-10(8)11)17-12(13,14)15/h4-5,7,11H,3,6H2,1-2H3. The van der Waals surface area contributed by atoms with E-state index < -0.39 is 6.36 Å². The number of alkyl halides is 3. The van der Waals surface area contributed by atoms with E-state index in [1.54, 1.807) is 6.07 Å². The van der Waals surface area contributed by atoms with Gasteiger partial charge in [-0.1, -0.05) is 6.07 Å². The van der Waals surface area contributed by atoms with Gasteiger partial charge >= 0.3 is 6.36 Å². The predicted molar refractivity (Wildman–Crippen MR) is 57.9 cm³/mol. The quantitative estimate of drug-likeness (QED) is 0.793. The van der Waals surface area contributed by atoms with E-state index in [2.05, 4.69) is 9.64 Å². The summed E-state index contributed by atoms with van der Waals surface area (Å²) in [5.74, 6) is -0.129. The van der Waals surface area contributed by atoms with E-state index in [-0.39, 0.29) is 5.75 Å². The van der Waals surface area contributed by atoms with Crippen LogP contribution in [0.5, 0.6) is 5.75 Å². The lowest BCUT2D eigenvalue weighted by Crippen LogP contribution is -2.18. The molecule has 5 heteroatoms. The Morgan fingerprint density at radius 3 is 2.59 bits per heavy atom. The van der Waals surface area contributed by atoms with Gasteiger partial charge in [-0.25, -0.2) is 0 Å². The van der Waals surface area contributed by atoms with Gasteiger partial charge in [0.25, 0.3) is 0 Å². The number of benzene rings is 1. The third-order valence-corrected chi connectivity index (χ3v) is 3.02. The highest BCUT2D eigenvalue weighted by Crippen LogP contribution is 2.37. The van der Waals surface area contributed by atoms with Crippen LogP contribution in [-0.2, 0) is 6.42 Å². The summed E-state index contributed by atoms with van der Waals surface area (Å²) in [5.41, 5.74) is 2.05. The molecule has 0 heterocycles. The molecule has 0 spiro atoms. The molecule has 0 aromatic heterocycles. The summed E-state index contributed by atoms with van der Waals surface area (Å²) in [7, 11) is 3.94. The average molecular weight is 245 g/mol. The van der Waals surface area contributed by atoms with Crippen molar-refractivity contribution in [3.05, 3.63) is 29.3 Å². The van der Waals surface area contributed by atoms with E-state index in [9.17, 15) is 13.2 Å². The normalized spacial score (nSPS) is 19.5. The van der Waals surface area contributed by atoms with Crippen molar-refractivity contribution in [3.8, 4) is 5.75 Å². The molecule has 1 atom stereocenters. The predicted octanol–water partition coefficient (Wildman–Crippen LogP) is 3.13. The molecule has 1 aliphatic rings. The monoisotopic (exact) mass is 245 g/mol. The van der Waals surface area contributed by atoms with Gasteiger partial charge in [0.15, 0.2) is 0 Å². The van der Waals surface area contributed by atoms with Crippen molar-refractivity contribution in [3.63, 3.8) is 0 Å². The summed E-state index contributed by atoms with van der Waals surface area (Å²) < 4.78 is 40.1. The van der Waals surface area contributed by atoms with Crippen LogP contribution < -0.4 is 4.74 Å². The Morgan fingerprint density at radius 2 is 2.00 bits per heavy atom. The van der Waals surface area contributed by atoms with Gasteiger partial charge in [-0.05, 0) is 50.2 Å². The zero-order valence-electron chi connectivity index (χ0n) is 9.71. The molecule has 1 aliphatic carbocycles. The van der Waals surface area contributed by atoms with E-state index in [0.717, 1.165) is 24.0 Å². The van der Waals surface area contributed by atoms with Gasteiger partial charge in [0, 0.05) is 6.04 Å². The molecule has 94 valence electrons. The van der Waals surface area contributed by atoms with Gasteiger partial charge in [-0.15, -0.1) is 13.2 Å². The van der Waals surface area contributed by atoms with E-state index >= 15 is 0 Å². The molecule has 0 fully saturated rings. The van der Waals surface area contributed by atoms with Crippen molar-refractivity contribution < 1.29 is 17.9 Å². The Hall–Kier alpha value is -1.23. The molecule has 2 rings (SSSR count). The van der Waals surface area contributed by atoms with Crippen LogP contribution in [0.2, 0.25) is 0 Å². The lowest BCUT2D eigenvalue weighted by molar-refractivity contribution is -0.274. The van der Waals surface area contributed by atoms with Crippen LogP contribution in [-0.4, -0.2) is 25.4 Å². The molecule has 0 aliphatic heterocycles. The van der Waals surface area contributed by atoms with E-state index in [4.69, 9.17) is 0 Å². The third-order valence-electron chi connectivity index (χ3n) is 3.02. The lowest BCUT2D eigenvalue weighted by atomic mass is 10.1. The average Bonchev–Trinajstić information content (AvgIpc) is 2.57. The second-order valence-corrected chi connectivity index (χ2v) is 4.43. The van der Waals surface area contributed by atoms with Gasteiger partial charge < -0.3 is 9.64 Å². The van der Waals surface area contributed by atoms with E-state index in [1.165, 1.54) is 12.1 Å². The van der Waals surface area contributed by atoms with Gasteiger partial charge in [0.2, 0.25) is 0 Å². The number of nitrogens with zero attached hydrogens (tertiary/aromatic N) is 1. The lowest BCUT2D eigenvalue weighted by Gasteiger charge is -2.20. The van der Waals surface area contributed by atoms with Crippen molar-refractivity contribution in [2.75, 3.05) is 14.1 Å². The molecular formula is C12H14F3NO. The van der Waals surface area contributed by atoms with Crippen molar-refractivity contribution in [1.29, 1.82) is 0 Å². The molecular weight excluding hydrogens is 231 g/mol. The smallest absolute Gasteiger partial charge is 0.406 e. The van der Waals surface area contributed by atoms with Crippen LogP contribution in [0.25, 0.3) is 0 Å². The van der Waals surface area contributed by atoms with E-state index in [1.807, 2.05) is 14.1 Å². The summed E-state index contributed by atoms with van der Waals surface area (Å²) in [6.45, 7) is 0. The minimum Gasteiger partial charge on any atom is -0.406 e. The summed E-state index contributed by atoms with van der Waals surface area (Å²) >= 11 is 0. The summed E-state index contributed by atoms with van der Waals surface area (Å²) in [6.07, 6.45) is -2.88. The Bertz CT molecular complexity index is 415. The van der Waals surface area contributed by atoms with Crippen LogP contribution in [0.4, 0.5) is 13.2 Å². The van der Waals surface area contributed by atoms with Crippen LogP contribution >= 0.6 is 0 Å². The molecule has 1 unspecified atom stereocenters. The summed E-state index contributed by atoms with van der Waals surface area (Å²) in [6, 6.07) is 4.90. The number of halogens is 3. The van der Waals surface area contributed by atoms with E-state index in [0.29, 0.717) is 6.04 Å². The van der Waals surface area contributed by atoms with Gasteiger partial charge in [0.1, 0.15) is 5.75 Å². The molecule has 1 aromatic rings. The van der Waals surface area contributed by atoms with Crippen LogP contribution in [0.3, 0.4) is 0 Å².